The van der Waals surface area contributed by atoms with Crippen LogP contribution in [0.1, 0.15) is 18.4 Å². The van der Waals surface area contributed by atoms with Gasteiger partial charge in [-0.15, -0.1) is 16.4 Å². The minimum absolute atomic E-state index is 0.281. The van der Waals surface area contributed by atoms with Gasteiger partial charge in [0.25, 0.3) is 5.96 Å². The maximum Gasteiger partial charge on any atom is 0.251 e. The van der Waals surface area contributed by atoms with E-state index in [9.17, 15) is 0 Å². The zero-order valence-corrected chi connectivity index (χ0v) is 14.3. The molecule has 0 spiro atoms. The van der Waals surface area contributed by atoms with Crippen LogP contribution < -0.4 is 0 Å². The first-order valence-corrected chi connectivity index (χ1v) is 8.60. The van der Waals surface area contributed by atoms with E-state index in [1.54, 1.807) is 6.07 Å². The molecular formula is C12H8Cl4N4S. The highest BCUT2D eigenvalue weighted by molar-refractivity contribution is 7.20. The zero-order chi connectivity index (χ0) is 14.7. The van der Waals surface area contributed by atoms with Gasteiger partial charge in [0.2, 0.25) is 0 Å². The van der Waals surface area contributed by atoms with Crippen LogP contribution in [0.4, 0.5) is 0 Å². The van der Waals surface area contributed by atoms with Gasteiger partial charge in [-0.05, 0) is 18.9 Å². The van der Waals surface area contributed by atoms with Crippen molar-refractivity contribution >= 4 is 74.4 Å². The molecule has 0 saturated heterocycles. The molecule has 4 nitrogen and oxygen atoms in total. The average molecular weight is 382 g/mol. The Morgan fingerprint density at radius 1 is 1.19 bits per heavy atom. The Balaban J connectivity index is 1.77. The Kier molecular flexibility index (Phi) is 3.39. The van der Waals surface area contributed by atoms with E-state index in [1.807, 2.05) is 9.91 Å². The molecule has 1 saturated carbocycles. The lowest BCUT2D eigenvalue weighted by Gasteiger charge is -2.24. The van der Waals surface area contributed by atoms with Gasteiger partial charge in [-0.1, -0.05) is 46.4 Å². The summed E-state index contributed by atoms with van der Waals surface area (Å²) in [6.45, 7) is 0.589. The number of guanidine groups is 1. The molecule has 3 heterocycles. The Morgan fingerprint density at radius 3 is 2.57 bits per heavy atom. The van der Waals surface area contributed by atoms with E-state index in [0.717, 1.165) is 12.8 Å². The molecule has 9 heteroatoms. The predicted octanol–water partition coefficient (Wildman–Crippen LogP) is 4.62. The fourth-order valence-corrected chi connectivity index (χ4v) is 4.42. The molecule has 0 N–H and O–H groups in total. The Bertz CT molecular complexity index is 719. The number of hydrazone groups is 1. The largest absolute Gasteiger partial charge is 0.279 e. The Labute approximate surface area is 145 Å². The van der Waals surface area contributed by atoms with Gasteiger partial charge in [0, 0.05) is 11.6 Å². The van der Waals surface area contributed by atoms with Crippen LogP contribution >= 0.6 is 57.7 Å². The van der Waals surface area contributed by atoms with Gasteiger partial charge in [-0.2, -0.15) is 4.99 Å². The summed E-state index contributed by atoms with van der Waals surface area (Å²) in [5.74, 6) is 0.526. The fraction of sp³-hybridized carbons (Fsp3) is 0.333. The third-order valence-electron chi connectivity index (χ3n) is 3.49. The molecule has 1 fully saturated rings. The summed E-state index contributed by atoms with van der Waals surface area (Å²) in [5.41, 5.74) is 1.30. The number of nitrogens with zero attached hydrogens (tertiary/aromatic N) is 4. The van der Waals surface area contributed by atoms with Crippen molar-refractivity contribution in [3.05, 3.63) is 25.5 Å². The molecule has 0 radical (unpaired) electrons. The first-order chi connectivity index (χ1) is 10.0. The van der Waals surface area contributed by atoms with Crippen molar-refractivity contribution in [1.29, 1.82) is 0 Å². The number of rotatable bonds is 2. The number of thiophene rings is 1. The first kappa shape index (κ1) is 14.2. The minimum Gasteiger partial charge on any atom is -0.279 e. The highest BCUT2D eigenvalue weighted by Crippen LogP contribution is 2.42. The van der Waals surface area contributed by atoms with Crippen LogP contribution in [-0.4, -0.2) is 33.7 Å². The van der Waals surface area contributed by atoms with E-state index in [1.165, 1.54) is 11.3 Å². The summed E-state index contributed by atoms with van der Waals surface area (Å²) < 4.78 is 1.12. The van der Waals surface area contributed by atoms with Crippen molar-refractivity contribution in [3.8, 4) is 0 Å². The van der Waals surface area contributed by atoms with Crippen LogP contribution in [0.15, 0.2) is 21.3 Å². The molecule has 4 rings (SSSR count). The highest BCUT2D eigenvalue weighted by atomic mass is 35.5. The number of fused-ring (bicyclic) bond motifs is 1. The van der Waals surface area contributed by atoms with E-state index in [-0.39, 0.29) is 5.17 Å². The topological polar surface area (TPSA) is 31.2 Å². The summed E-state index contributed by atoms with van der Waals surface area (Å²) in [6.07, 6.45) is 2.31. The maximum atomic E-state index is 6.52. The van der Waals surface area contributed by atoms with Gasteiger partial charge in [0.15, 0.2) is 0 Å². The monoisotopic (exact) mass is 380 g/mol. The van der Waals surface area contributed by atoms with E-state index < -0.39 is 0 Å². The Hall–Kier alpha value is -0.460. The second kappa shape index (κ2) is 5.03. The number of aliphatic imine (C=N–C) groups is 1. The van der Waals surface area contributed by atoms with E-state index in [2.05, 4.69) is 10.1 Å². The molecule has 1 aromatic heterocycles. The summed E-state index contributed by atoms with van der Waals surface area (Å²) in [7, 11) is 0. The zero-order valence-electron chi connectivity index (χ0n) is 10.5. The molecule has 3 aliphatic rings. The van der Waals surface area contributed by atoms with Crippen LogP contribution in [0.25, 0.3) is 5.57 Å². The van der Waals surface area contributed by atoms with Crippen LogP contribution in [-0.2, 0) is 0 Å². The average Bonchev–Trinajstić information content (AvgIpc) is 3.10. The van der Waals surface area contributed by atoms with Gasteiger partial charge in [0.1, 0.15) is 21.3 Å². The summed E-state index contributed by atoms with van der Waals surface area (Å²) in [5, 5.41) is 7.22. The lowest BCUT2D eigenvalue weighted by molar-refractivity contribution is 0.250. The minimum atomic E-state index is 0.281. The lowest BCUT2D eigenvalue weighted by Crippen LogP contribution is -2.32. The van der Waals surface area contributed by atoms with Gasteiger partial charge in [0.05, 0.1) is 9.91 Å². The molecule has 0 amide bonds. The van der Waals surface area contributed by atoms with Crippen LogP contribution in [0.3, 0.4) is 0 Å². The standard InChI is InChI=1S/C12H8Cl4N4S/c13-7-3-6(11(16)21-7)8-9(14)17-12-18-20(5-1-2-5)4-19(12)10(8)15/h3,5H,1-2,4H2. The molecule has 110 valence electrons. The van der Waals surface area contributed by atoms with Crippen LogP contribution in [0.5, 0.6) is 0 Å². The number of hydrogen-bond donors (Lipinski definition) is 0. The van der Waals surface area contributed by atoms with E-state index in [4.69, 9.17) is 46.4 Å². The van der Waals surface area contributed by atoms with Crippen LogP contribution in [0.2, 0.25) is 8.67 Å². The molecule has 0 atom stereocenters. The molecule has 2 aliphatic heterocycles. The van der Waals surface area contributed by atoms with Gasteiger partial charge >= 0.3 is 0 Å². The first-order valence-electron chi connectivity index (χ1n) is 6.27. The highest BCUT2D eigenvalue weighted by Gasteiger charge is 2.39. The molecule has 1 aromatic rings. The van der Waals surface area contributed by atoms with Crippen molar-refractivity contribution < 1.29 is 0 Å². The van der Waals surface area contributed by atoms with Crippen molar-refractivity contribution in [2.75, 3.05) is 6.67 Å². The molecule has 0 aromatic carbocycles. The SMILES string of the molecule is ClC1=NC2=NN(C3CC3)CN2C(Cl)=C1c1cc(Cl)sc1Cl. The normalized spacial score (nSPS) is 21.7. The van der Waals surface area contributed by atoms with Crippen molar-refractivity contribution in [1.82, 2.24) is 9.91 Å². The smallest absolute Gasteiger partial charge is 0.251 e. The Morgan fingerprint density at radius 2 is 1.95 bits per heavy atom. The van der Waals surface area contributed by atoms with Crippen LogP contribution in [0, 0.1) is 0 Å². The van der Waals surface area contributed by atoms with E-state index >= 15 is 0 Å². The van der Waals surface area contributed by atoms with Gasteiger partial charge in [-0.25, -0.2) is 0 Å². The molecule has 21 heavy (non-hydrogen) atoms. The molecule has 1 aliphatic carbocycles. The summed E-state index contributed by atoms with van der Waals surface area (Å²) >= 11 is 26.3. The second-order valence-electron chi connectivity index (χ2n) is 4.95. The summed E-state index contributed by atoms with van der Waals surface area (Å²) in [4.78, 5) is 6.18. The molecule has 0 unspecified atom stereocenters. The fourth-order valence-electron chi connectivity index (χ4n) is 2.31. The lowest BCUT2D eigenvalue weighted by atomic mass is 10.1. The predicted molar refractivity (Wildman–Crippen MR) is 89.4 cm³/mol. The van der Waals surface area contributed by atoms with Crippen molar-refractivity contribution in [2.45, 2.75) is 18.9 Å². The van der Waals surface area contributed by atoms with Crippen molar-refractivity contribution in [3.63, 3.8) is 0 Å². The second-order valence-corrected chi connectivity index (χ2v) is 7.95. The maximum absolute atomic E-state index is 6.52. The summed E-state index contributed by atoms with van der Waals surface area (Å²) in [6, 6.07) is 2.24. The third kappa shape index (κ3) is 2.35. The number of hydrogen-bond acceptors (Lipinski definition) is 5. The number of halogens is 4. The molecule has 0 bridgehead atoms. The number of allylic oxidation sites excluding steroid dienone is 1. The van der Waals surface area contributed by atoms with Gasteiger partial charge < -0.3 is 0 Å². The molecular weight excluding hydrogens is 374 g/mol. The van der Waals surface area contributed by atoms with Gasteiger partial charge in [-0.3, -0.25) is 9.91 Å². The quantitative estimate of drug-likeness (QED) is 0.699. The van der Waals surface area contributed by atoms with Crippen molar-refractivity contribution in [2.24, 2.45) is 10.1 Å². The third-order valence-corrected chi connectivity index (χ3v) is 5.64. The van der Waals surface area contributed by atoms with E-state index in [0.29, 0.717) is 43.6 Å².